The van der Waals surface area contributed by atoms with Gasteiger partial charge in [0.25, 0.3) is 0 Å². The molecule has 3 heteroatoms. The average molecular weight is 252 g/mol. The Bertz CT molecular complexity index is 319. The molecule has 0 saturated carbocycles. The van der Waals surface area contributed by atoms with Gasteiger partial charge in [-0.25, -0.2) is 0 Å². The number of nitrogens with zero attached hydrogens (tertiary/aromatic N) is 1. The molecule has 0 aliphatic heterocycles. The molecule has 2 nitrogen and oxygen atoms in total. The van der Waals surface area contributed by atoms with Gasteiger partial charge in [0.15, 0.2) is 0 Å². The summed E-state index contributed by atoms with van der Waals surface area (Å²) in [5.41, 5.74) is 7.13. The average Bonchev–Trinajstić information content (AvgIpc) is 2.18. The van der Waals surface area contributed by atoms with Crippen molar-refractivity contribution in [1.29, 1.82) is 0 Å². The molecule has 2 N–H and O–H groups in total. The quantitative estimate of drug-likeness (QED) is 0.789. The molecule has 0 spiro atoms. The summed E-state index contributed by atoms with van der Waals surface area (Å²) in [4.78, 5) is 3.61. The zero-order valence-electron chi connectivity index (χ0n) is 11.3. The van der Waals surface area contributed by atoms with Gasteiger partial charge in [-0.1, -0.05) is 26.0 Å². The minimum atomic E-state index is 0.232. The molecule has 17 heavy (non-hydrogen) atoms. The van der Waals surface area contributed by atoms with Crippen molar-refractivity contribution in [2.24, 2.45) is 5.73 Å². The van der Waals surface area contributed by atoms with Gasteiger partial charge >= 0.3 is 0 Å². The van der Waals surface area contributed by atoms with Crippen LogP contribution in [0.5, 0.6) is 0 Å². The molecule has 0 aliphatic rings. The van der Waals surface area contributed by atoms with E-state index in [0.717, 1.165) is 13.1 Å². The van der Waals surface area contributed by atoms with Crippen molar-refractivity contribution in [3.05, 3.63) is 29.8 Å². The van der Waals surface area contributed by atoms with E-state index >= 15 is 0 Å². The van der Waals surface area contributed by atoms with Crippen molar-refractivity contribution < 1.29 is 0 Å². The Morgan fingerprint density at radius 2 is 1.76 bits per heavy atom. The van der Waals surface area contributed by atoms with E-state index in [0.29, 0.717) is 5.25 Å². The monoisotopic (exact) mass is 252 g/mol. The molecule has 1 atom stereocenters. The Hall–Kier alpha value is -0.510. The van der Waals surface area contributed by atoms with Crippen LogP contribution in [-0.2, 0) is 6.54 Å². The van der Waals surface area contributed by atoms with Crippen LogP contribution < -0.4 is 5.73 Å². The van der Waals surface area contributed by atoms with Crippen LogP contribution in [0.2, 0.25) is 0 Å². The molecule has 1 aromatic carbocycles. The first-order valence-corrected chi connectivity index (χ1v) is 7.05. The molecular formula is C14H24N2S. The van der Waals surface area contributed by atoms with Gasteiger partial charge in [-0.2, -0.15) is 0 Å². The lowest BCUT2D eigenvalue weighted by atomic mass is 10.2. The van der Waals surface area contributed by atoms with Gasteiger partial charge in [0.2, 0.25) is 0 Å². The third-order valence-corrected chi connectivity index (χ3v) is 3.36. The van der Waals surface area contributed by atoms with Crippen LogP contribution in [0, 0.1) is 0 Å². The molecule has 0 heterocycles. The van der Waals surface area contributed by atoms with Crippen LogP contribution in [0.4, 0.5) is 0 Å². The van der Waals surface area contributed by atoms with Crippen LogP contribution in [-0.4, -0.2) is 29.8 Å². The summed E-state index contributed by atoms with van der Waals surface area (Å²) < 4.78 is 0. The van der Waals surface area contributed by atoms with E-state index in [2.05, 4.69) is 50.1 Å². The summed E-state index contributed by atoms with van der Waals surface area (Å²) >= 11 is 1.90. The third kappa shape index (κ3) is 6.10. The van der Waals surface area contributed by atoms with Crippen molar-refractivity contribution in [3.8, 4) is 0 Å². The second kappa shape index (κ2) is 7.04. The zero-order chi connectivity index (χ0) is 12.8. The van der Waals surface area contributed by atoms with Crippen LogP contribution in [0.1, 0.15) is 26.3 Å². The molecule has 1 unspecified atom stereocenters. The summed E-state index contributed by atoms with van der Waals surface area (Å²) in [6.45, 7) is 8.37. The normalized spacial score (nSPS) is 13.4. The molecule has 0 amide bonds. The largest absolute Gasteiger partial charge is 0.327 e. The molecule has 0 aromatic heterocycles. The SMILES string of the molecule is CC(N)CN(C)Cc1ccc(SC(C)C)cc1. The van der Waals surface area contributed by atoms with Crippen LogP contribution in [0.25, 0.3) is 0 Å². The Morgan fingerprint density at radius 3 is 2.24 bits per heavy atom. The Balaban J connectivity index is 2.50. The fourth-order valence-corrected chi connectivity index (χ4v) is 2.65. The van der Waals surface area contributed by atoms with E-state index in [1.165, 1.54) is 10.5 Å². The highest BCUT2D eigenvalue weighted by Crippen LogP contribution is 2.23. The molecule has 0 saturated heterocycles. The van der Waals surface area contributed by atoms with Gasteiger partial charge in [0.1, 0.15) is 0 Å². The van der Waals surface area contributed by atoms with Crippen LogP contribution in [0.15, 0.2) is 29.2 Å². The van der Waals surface area contributed by atoms with Gasteiger partial charge in [0.05, 0.1) is 0 Å². The molecular weight excluding hydrogens is 228 g/mol. The van der Waals surface area contributed by atoms with Crippen molar-refractivity contribution in [2.75, 3.05) is 13.6 Å². The van der Waals surface area contributed by atoms with Gasteiger partial charge in [-0.3, -0.25) is 0 Å². The topological polar surface area (TPSA) is 29.3 Å². The smallest absolute Gasteiger partial charge is 0.0231 e. The number of hydrogen-bond acceptors (Lipinski definition) is 3. The van der Waals surface area contributed by atoms with Crippen molar-refractivity contribution in [2.45, 2.75) is 43.5 Å². The van der Waals surface area contributed by atoms with Crippen LogP contribution >= 0.6 is 11.8 Å². The summed E-state index contributed by atoms with van der Waals surface area (Å²) in [7, 11) is 2.11. The van der Waals surface area contributed by atoms with E-state index in [9.17, 15) is 0 Å². The fourth-order valence-electron chi connectivity index (χ4n) is 1.81. The maximum Gasteiger partial charge on any atom is 0.0231 e. The maximum absolute atomic E-state index is 5.78. The third-order valence-electron chi connectivity index (χ3n) is 2.35. The summed E-state index contributed by atoms with van der Waals surface area (Å²) in [6, 6.07) is 9.07. The Morgan fingerprint density at radius 1 is 1.18 bits per heavy atom. The second-order valence-corrected chi connectivity index (χ2v) is 6.63. The Labute approximate surface area is 110 Å². The van der Waals surface area contributed by atoms with Crippen LogP contribution in [0.3, 0.4) is 0 Å². The van der Waals surface area contributed by atoms with E-state index in [1.54, 1.807) is 0 Å². The van der Waals surface area contributed by atoms with E-state index in [-0.39, 0.29) is 6.04 Å². The van der Waals surface area contributed by atoms with Gasteiger partial charge in [-0.05, 0) is 31.7 Å². The highest BCUT2D eigenvalue weighted by Gasteiger charge is 2.03. The van der Waals surface area contributed by atoms with Crippen molar-refractivity contribution >= 4 is 11.8 Å². The summed E-state index contributed by atoms with van der Waals surface area (Å²) in [5.74, 6) is 0. The zero-order valence-corrected chi connectivity index (χ0v) is 12.1. The first-order chi connectivity index (χ1) is 7.97. The fraction of sp³-hybridized carbons (Fsp3) is 0.571. The lowest BCUT2D eigenvalue weighted by Crippen LogP contribution is -2.32. The predicted molar refractivity (Wildman–Crippen MR) is 77.4 cm³/mol. The first-order valence-electron chi connectivity index (χ1n) is 6.17. The number of benzene rings is 1. The molecule has 0 fully saturated rings. The lowest BCUT2D eigenvalue weighted by Gasteiger charge is -2.19. The van der Waals surface area contributed by atoms with E-state index in [4.69, 9.17) is 5.73 Å². The maximum atomic E-state index is 5.78. The Kier molecular flexibility index (Phi) is 6.03. The van der Waals surface area contributed by atoms with Crippen molar-refractivity contribution in [1.82, 2.24) is 4.90 Å². The first kappa shape index (κ1) is 14.6. The summed E-state index contributed by atoms with van der Waals surface area (Å²) in [5, 5.41) is 0.640. The standard InChI is InChI=1S/C14H24N2S/c1-11(2)17-14-7-5-13(6-8-14)10-16(4)9-12(3)15/h5-8,11-12H,9-10,15H2,1-4H3. The van der Waals surface area contributed by atoms with E-state index < -0.39 is 0 Å². The molecule has 1 aromatic rings. The molecule has 1 rings (SSSR count). The molecule has 0 bridgehead atoms. The van der Waals surface area contributed by atoms with Gasteiger partial charge in [-0.15, -0.1) is 11.8 Å². The number of likely N-dealkylation sites (N-methyl/N-ethyl adjacent to an activating group) is 1. The highest BCUT2D eigenvalue weighted by atomic mass is 32.2. The van der Waals surface area contributed by atoms with Crippen molar-refractivity contribution in [3.63, 3.8) is 0 Å². The molecule has 0 aliphatic carbocycles. The molecule has 0 radical (unpaired) electrons. The number of thioether (sulfide) groups is 1. The van der Waals surface area contributed by atoms with Gasteiger partial charge < -0.3 is 10.6 Å². The predicted octanol–water partition coefficient (Wildman–Crippen LogP) is 2.97. The lowest BCUT2D eigenvalue weighted by molar-refractivity contribution is 0.310. The summed E-state index contributed by atoms with van der Waals surface area (Å²) in [6.07, 6.45) is 0. The van der Waals surface area contributed by atoms with E-state index in [1.807, 2.05) is 18.7 Å². The highest BCUT2D eigenvalue weighted by molar-refractivity contribution is 7.99. The number of nitrogens with two attached hydrogens (primary N) is 1. The minimum absolute atomic E-state index is 0.232. The van der Waals surface area contributed by atoms with Gasteiger partial charge in [0, 0.05) is 29.3 Å². The minimum Gasteiger partial charge on any atom is -0.327 e. The number of hydrogen-bond donors (Lipinski definition) is 1. The molecule has 96 valence electrons. The second-order valence-electron chi connectivity index (χ2n) is 4.98. The number of rotatable bonds is 6.